The zero-order valence-corrected chi connectivity index (χ0v) is 13.3. The number of aliphatic hydroxyl groups excluding tert-OH is 1. The molecule has 0 aliphatic heterocycles. The van der Waals surface area contributed by atoms with Gasteiger partial charge in [0.25, 0.3) is 0 Å². The molecule has 112 valence electrons. The predicted molar refractivity (Wildman–Crippen MR) is 82.1 cm³/mol. The quantitative estimate of drug-likeness (QED) is 0.797. The van der Waals surface area contributed by atoms with Gasteiger partial charge in [-0.1, -0.05) is 22.0 Å². The van der Waals surface area contributed by atoms with Crippen molar-refractivity contribution in [1.29, 1.82) is 0 Å². The summed E-state index contributed by atoms with van der Waals surface area (Å²) in [5.41, 5.74) is 0. The molecule has 0 saturated heterocycles. The van der Waals surface area contributed by atoms with E-state index in [1.165, 1.54) is 6.42 Å². The van der Waals surface area contributed by atoms with E-state index in [-0.39, 0.29) is 12.7 Å². The van der Waals surface area contributed by atoms with E-state index in [9.17, 15) is 5.11 Å². The maximum absolute atomic E-state index is 9.96. The SMILES string of the molecule is COC1CCCC1NCC(O)COc1cccc(Br)c1. The highest BCUT2D eigenvalue weighted by atomic mass is 79.9. The first-order chi connectivity index (χ1) is 9.69. The summed E-state index contributed by atoms with van der Waals surface area (Å²) in [6.07, 6.45) is 3.14. The molecular weight excluding hydrogens is 322 g/mol. The summed E-state index contributed by atoms with van der Waals surface area (Å²) in [5.74, 6) is 0.758. The summed E-state index contributed by atoms with van der Waals surface area (Å²) in [4.78, 5) is 0. The Bertz CT molecular complexity index is 416. The van der Waals surface area contributed by atoms with Crippen LogP contribution in [0.3, 0.4) is 0 Å². The maximum Gasteiger partial charge on any atom is 0.120 e. The van der Waals surface area contributed by atoms with Gasteiger partial charge in [-0.15, -0.1) is 0 Å². The zero-order valence-electron chi connectivity index (χ0n) is 11.7. The molecule has 2 N–H and O–H groups in total. The minimum absolute atomic E-state index is 0.271. The average molecular weight is 344 g/mol. The molecule has 1 fully saturated rings. The molecule has 0 aromatic heterocycles. The first-order valence-electron chi connectivity index (χ1n) is 7.01. The summed E-state index contributed by atoms with van der Waals surface area (Å²) < 4.78 is 12.0. The normalized spacial score (nSPS) is 23.8. The van der Waals surface area contributed by atoms with Crippen molar-refractivity contribution in [1.82, 2.24) is 5.32 Å². The number of halogens is 1. The molecule has 4 nitrogen and oxygen atoms in total. The Labute approximate surface area is 128 Å². The summed E-state index contributed by atoms with van der Waals surface area (Å²) in [6, 6.07) is 7.96. The third-order valence-corrected chi connectivity index (χ3v) is 4.10. The van der Waals surface area contributed by atoms with Crippen LogP contribution >= 0.6 is 15.9 Å². The van der Waals surface area contributed by atoms with Gasteiger partial charge in [0.2, 0.25) is 0 Å². The summed E-state index contributed by atoms with van der Waals surface area (Å²) in [5, 5.41) is 13.3. The molecular formula is C15H22BrNO3. The van der Waals surface area contributed by atoms with Gasteiger partial charge in [-0.2, -0.15) is 0 Å². The van der Waals surface area contributed by atoms with E-state index in [0.29, 0.717) is 12.6 Å². The van der Waals surface area contributed by atoms with Crippen LogP contribution in [0.4, 0.5) is 0 Å². The number of aliphatic hydroxyl groups is 1. The third kappa shape index (κ3) is 4.74. The Morgan fingerprint density at radius 3 is 3.05 bits per heavy atom. The molecule has 0 spiro atoms. The van der Waals surface area contributed by atoms with E-state index < -0.39 is 6.10 Å². The smallest absolute Gasteiger partial charge is 0.120 e. The second kappa shape index (κ2) is 7.98. The van der Waals surface area contributed by atoms with Crippen LogP contribution in [0.1, 0.15) is 19.3 Å². The highest BCUT2D eigenvalue weighted by Crippen LogP contribution is 2.21. The molecule has 1 aromatic carbocycles. The van der Waals surface area contributed by atoms with E-state index in [2.05, 4.69) is 21.2 Å². The van der Waals surface area contributed by atoms with Gasteiger partial charge in [0, 0.05) is 24.2 Å². The molecule has 20 heavy (non-hydrogen) atoms. The molecule has 1 aliphatic carbocycles. The van der Waals surface area contributed by atoms with Crippen molar-refractivity contribution >= 4 is 15.9 Å². The Kier molecular flexibility index (Phi) is 6.29. The number of hydrogen-bond acceptors (Lipinski definition) is 4. The van der Waals surface area contributed by atoms with Crippen LogP contribution in [-0.4, -0.2) is 43.6 Å². The monoisotopic (exact) mass is 343 g/mol. The highest BCUT2D eigenvalue weighted by Gasteiger charge is 2.26. The van der Waals surface area contributed by atoms with Gasteiger partial charge in [0.1, 0.15) is 18.5 Å². The molecule has 3 atom stereocenters. The van der Waals surface area contributed by atoms with E-state index in [1.807, 2.05) is 24.3 Å². The second-order valence-electron chi connectivity index (χ2n) is 5.14. The van der Waals surface area contributed by atoms with Crippen LogP contribution in [-0.2, 0) is 4.74 Å². The Hall–Kier alpha value is -0.620. The predicted octanol–water partition coefficient (Wildman–Crippen LogP) is 2.35. The van der Waals surface area contributed by atoms with Gasteiger partial charge >= 0.3 is 0 Å². The lowest BCUT2D eigenvalue weighted by Gasteiger charge is -2.21. The van der Waals surface area contributed by atoms with Crippen molar-refractivity contribution in [3.05, 3.63) is 28.7 Å². The van der Waals surface area contributed by atoms with Crippen molar-refractivity contribution in [3.8, 4) is 5.75 Å². The number of benzene rings is 1. The zero-order chi connectivity index (χ0) is 14.4. The molecule has 0 amide bonds. The Morgan fingerprint density at radius 2 is 2.30 bits per heavy atom. The van der Waals surface area contributed by atoms with Crippen molar-refractivity contribution < 1.29 is 14.6 Å². The largest absolute Gasteiger partial charge is 0.491 e. The van der Waals surface area contributed by atoms with Gasteiger partial charge in [-0.05, 0) is 37.5 Å². The number of nitrogens with one attached hydrogen (secondary N) is 1. The van der Waals surface area contributed by atoms with Crippen LogP contribution in [0.5, 0.6) is 5.75 Å². The van der Waals surface area contributed by atoms with Crippen molar-refractivity contribution in [2.24, 2.45) is 0 Å². The molecule has 2 rings (SSSR count). The lowest BCUT2D eigenvalue weighted by atomic mass is 10.2. The molecule has 0 heterocycles. The average Bonchev–Trinajstić information content (AvgIpc) is 2.90. The van der Waals surface area contributed by atoms with Crippen LogP contribution in [0.2, 0.25) is 0 Å². The van der Waals surface area contributed by atoms with E-state index in [1.54, 1.807) is 7.11 Å². The Morgan fingerprint density at radius 1 is 1.45 bits per heavy atom. The number of rotatable bonds is 7. The minimum atomic E-state index is -0.521. The minimum Gasteiger partial charge on any atom is -0.491 e. The first kappa shape index (κ1) is 15.8. The second-order valence-corrected chi connectivity index (χ2v) is 6.06. The summed E-state index contributed by atoms with van der Waals surface area (Å²) in [7, 11) is 1.75. The number of methoxy groups -OCH3 is 1. The topological polar surface area (TPSA) is 50.7 Å². The van der Waals surface area contributed by atoms with Gasteiger partial charge in [-0.3, -0.25) is 0 Å². The fourth-order valence-electron chi connectivity index (χ4n) is 2.54. The Balaban J connectivity index is 1.69. The molecule has 1 aliphatic rings. The third-order valence-electron chi connectivity index (χ3n) is 3.61. The lowest BCUT2D eigenvalue weighted by molar-refractivity contribution is 0.0687. The molecule has 0 bridgehead atoms. The van der Waals surface area contributed by atoms with Crippen molar-refractivity contribution in [2.45, 2.75) is 37.5 Å². The van der Waals surface area contributed by atoms with Gasteiger partial charge in [-0.25, -0.2) is 0 Å². The van der Waals surface area contributed by atoms with Gasteiger partial charge < -0.3 is 19.9 Å². The van der Waals surface area contributed by atoms with Crippen LogP contribution in [0, 0.1) is 0 Å². The highest BCUT2D eigenvalue weighted by molar-refractivity contribution is 9.10. The molecule has 0 radical (unpaired) electrons. The van der Waals surface area contributed by atoms with Gasteiger partial charge in [0.15, 0.2) is 0 Å². The van der Waals surface area contributed by atoms with Crippen LogP contribution < -0.4 is 10.1 Å². The number of ether oxygens (including phenoxy) is 2. The fourth-order valence-corrected chi connectivity index (χ4v) is 2.92. The standard InChI is InChI=1S/C15H22BrNO3/c1-19-15-7-3-6-14(15)17-9-12(18)10-20-13-5-2-4-11(16)8-13/h2,4-5,8,12,14-15,17-18H,3,6-7,9-10H2,1H3. The van der Waals surface area contributed by atoms with Crippen LogP contribution in [0.25, 0.3) is 0 Å². The van der Waals surface area contributed by atoms with E-state index in [4.69, 9.17) is 9.47 Å². The fraction of sp³-hybridized carbons (Fsp3) is 0.600. The molecule has 1 saturated carbocycles. The van der Waals surface area contributed by atoms with Crippen molar-refractivity contribution in [3.63, 3.8) is 0 Å². The first-order valence-corrected chi connectivity index (χ1v) is 7.81. The molecule has 5 heteroatoms. The lowest BCUT2D eigenvalue weighted by Crippen LogP contribution is -2.42. The van der Waals surface area contributed by atoms with Crippen molar-refractivity contribution in [2.75, 3.05) is 20.3 Å². The summed E-state index contributed by atoms with van der Waals surface area (Å²) in [6.45, 7) is 0.812. The van der Waals surface area contributed by atoms with E-state index >= 15 is 0 Å². The summed E-state index contributed by atoms with van der Waals surface area (Å²) >= 11 is 3.39. The molecule has 3 unspecified atom stereocenters. The molecule has 1 aromatic rings. The van der Waals surface area contributed by atoms with E-state index in [0.717, 1.165) is 23.1 Å². The van der Waals surface area contributed by atoms with Crippen LogP contribution in [0.15, 0.2) is 28.7 Å². The number of hydrogen-bond donors (Lipinski definition) is 2. The van der Waals surface area contributed by atoms with Gasteiger partial charge in [0.05, 0.1) is 6.10 Å². The maximum atomic E-state index is 9.96.